The molecule has 22 atom stereocenters. The van der Waals surface area contributed by atoms with Crippen molar-refractivity contribution in [3.05, 3.63) is 46.6 Å². The Hall–Kier alpha value is -3.49. The fourth-order valence-electron chi connectivity index (χ4n) is 19.5. The third-order valence-electron chi connectivity index (χ3n) is 23.5. The van der Waals surface area contributed by atoms with Crippen LogP contribution < -0.4 is 0 Å². The summed E-state index contributed by atoms with van der Waals surface area (Å²) in [7, 11) is 0. The van der Waals surface area contributed by atoms with Crippen molar-refractivity contribution in [3.63, 3.8) is 0 Å². The zero-order valence-electron chi connectivity index (χ0n) is 43.4. The number of aliphatic hydroxyl groups excluding tert-OH is 3. The molecule has 2 spiro atoms. The number of rotatable bonds is 7. The lowest BCUT2D eigenvalue weighted by Crippen LogP contribution is -2.63. The number of hydrogen-bond acceptors (Lipinski definition) is 13. The van der Waals surface area contributed by atoms with E-state index in [-0.39, 0.29) is 95.6 Å². The van der Waals surface area contributed by atoms with E-state index in [1.165, 1.54) is 6.92 Å². The minimum atomic E-state index is -0.733. The van der Waals surface area contributed by atoms with Crippen LogP contribution in [-0.4, -0.2) is 106 Å². The van der Waals surface area contributed by atoms with Gasteiger partial charge in [0.15, 0.2) is 11.6 Å². The number of carbonyl (C=O) groups is 5. The average Bonchev–Trinajstić information content (AvgIpc) is 4.17. The van der Waals surface area contributed by atoms with Gasteiger partial charge in [0, 0.05) is 19.8 Å². The van der Waals surface area contributed by atoms with Crippen molar-refractivity contribution in [2.24, 2.45) is 80.8 Å². The number of hydrogen-bond donors (Lipinski definition) is 3. The highest BCUT2D eigenvalue weighted by atomic mass is 16.6. The predicted molar refractivity (Wildman–Crippen MR) is 258 cm³/mol. The van der Waals surface area contributed by atoms with Crippen LogP contribution in [0.2, 0.25) is 0 Å². The van der Waals surface area contributed by atoms with Gasteiger partial charge in [-0.05, 0) is 186 Å². The fourth-order valence-corrected chi connectivity index (χ4v) is 19.5. The van der Waals surface area contributed by atoms with Crippen molar-refractivity contribution in [2.45, 2.75) is 187 Å². The molecule has 0 aromatic heterocycles. The average molecular weight is 983 g/mol. The molecular weight excluding hydrogens is 905 g/mol. The van der Waals surface area contributed by atoms with Crippen LogP contribution in [0.25, 0.3) is 0 Å². The summed E-state index contributed by atoms with van der Waals surface area (Å²) in [6.07, 6.45) is 16.3. The number of allylic oxidation sites excluding steroid dienone is 2. The highest BCUT2D eigenvalue weighted by Gasteiger charge is 2.82. The van der Waals surface area contributed by atoms with E-state index in [9.17, 15) is 39.3 Å². The van der Waals surface area contributed by atoms with E-state index in [1.807, 2.05) is 13.8 Å². The maximum Gasteiger partial charge on any atom is 0.337 e. The van der Waals surface area contributed by atoms with Gasteiger partial charge in [-0.15, -0.1) is 0 Å². The highest BCUT2D eigenvalue weighted by Crippen LogP contribution is 2.75. The summed E-state index contributed by atoms with van der Waals surface area (Å²) in [5, 5.41) is 31.2. The van der Waals surface area contributed by atoms with Crippen molar-refractivity contribution in [1.82, 2.24) is 0 Å². The van der Waals surface area contributed by atoms with E-state index in [0.29, 0.717) is 59.5 Å². The van der Waals surface area contributed by atoms with Crippen LogP contribution in [0.1, 0.15) is 139 Å². The van der Waals surface area contributed by atoms with Crippen molar-refractivity contribution >= 4 is 29.5 Å². The van der Waals surface area contributed by atoms with Gasteiger partial charge in [-0.2, -0.15) is 0 Å². The van der Waals surface area contributed by atoms with Gasteiger partial charge >= 0.3 is 17.9 Å². The molecule has 0 radical (unpaired) electrons. The topological polar surface area (TPSA) is 199 Å². The molecular formula is C58H78O13. The second-order valence-electron chi connectivity index (χ2n) is 25.7. The molecule has 13 nitrogen and oxygen atoms in total. The van der Waals surface area contributed by atoms with E-state index < -0.39 is 40.2 Å². The Morgan fingerprint density at radius 2 is 1.08 bits per heavy atom. The molecule has 0 aromatic carbocycles. The normalized spacial score (nSPS) is 50.5. The Bertz CT molecular complexity index is 2440. The van der Waals surface area contributed by atoms with Gasteiger partial charge in [-0.25, -0.2) is 9.59 Å². The fraction of sp³-hybridized carbons (Fsp3) is 0.776. The van der Waals surface area contributed by atoms with E-state index in [2.05, 4.69) is 41.5 Å². The minimum Gasteiger partial charge on any atom is -0.461 e. The largest absolute Gasteiger partial charge is 0.461 e. The van der Waals surface area contributed by atoms with Gasteiger partial charge in [-0.3, -0.25) is 14.4 Å². The summed E-state index contributed by atoms with van der Waals surface area (Å²) in [4.78, 5) is 63.2. The third kappa shape index (κ3) is 6.68. The van der Waals surface area contributed by atoms with Crippen molar-refractivity contribution in [3.8, 4) is 0 Å². The first-order valence-corrected chi connectivity index (χ1v) is 27.2. The molecule has 71 heavy (non-hydrogen) atoms. The minimum absolute atomic E-state index is 0.0283. The summed E-state index contributed by atoms with van der Waals surface area (Å²) >= 11 is 0. The number of aliphatic hydroxyl groups is 3. The summed E-state index contributed by atoms with van der Waals surface area (Å²) in [6.45, 7) is 18.4. The molecule has 10 unspecified atom stereocenters. The SMILES string of the molecule is CC(=O)OCC1=C(C)CC([C@@H](C)C2CCC3C4C[C@H]5O[C@]56[C@@H](O)C=CC(=O)[C@]6(C)C4CC[C@@]32C)OC1=O.CC1=C(CO)C(=O)OC([C@@H](C)C2CCC3C4C[C@H]5O[C@]56[C@@H](O)C=CC(=O)[C@]6(C)C4CC[C@@]32C)C1. The summed E-state index contributed by atoms with van der Waals surface area (Å²) in [5.74, 6) is 2.68. The molecule has 8 fully saturated rings. The Morgan fingerprint density at radius 3 is 1.48 bits per heavy atom. The maximum atomic E-state index is 13.3. The number of carbonyl (C=O) groups excluding carboxylic acids is 5. The molecule has 0 aromatic rings. The molecule has 4 heterocycles. The van der Waals surface area contributed by atoms with Gasteiger partial charge in [0.05, 0.1) is 40.8 Å². The number of ketones is 2. The number of ether oxygens (including phenoxy) is 5. The second kappa shape index (κ2) is 16.8. The van der Waals surface area contributed by atoms with Crippen LogP contribution in [0.5, 0.6) is 0 Å². The molecule has 13 heteroatoms. The summed E-state index contributed by atoms with van der Waals surface area (Å²) in [6, 6.07) is 0. The summed E-state index contributed by atoms with van der Waals surface area (Å²) in [5.41, 5.74) is 0.251. The summed E-state index contributed by atoms with van der Waals surface area (Å²) < 4.78 is 29.4. The standard InChI is InChI=1S/C30H40O7.C28H38O6/c1-15-12-23(36-27(34)19(15)14-35-17(3)31)16(2)20-6-7-21-18-13-26-30(37-26)25(33)9-8-24(32)29(30,5)22(18)10-11-28(20,21)4;1-14-11-21(33-25(32)17(14)13-29)15(2)18-5-6-19-16-12-24-28(34-24)23(31)8-7-22(30)27(28,4)20(16)9-10-26(18,19)3/h8-9,16,18,20-23,25-26,33H,6-7,10-14H2,1-5H3;7-8,15-16,18-21,23-24,29,31H,5-6,9-13H2,1-4H3/t16-,18?,20?,21?,22?,23?,25-,26+,28+,29-,30+;15-,16?,18?,19?,20?,21?,23-,24+,26+,27-,28+/m00/s1. The molecule has 388 valence electrons. The molecule has 6 saturated carbocycles. The third-order valence-corrected chi connectivity index (χ3v) is 23.5. The Morgan fingerprint density at radius 1 is 0.662 bits per heavy atom. The predicted octanol–water partition coefficient (Wildman–Crippen LogP) is 7.28. The van der Waals surface area contributed by atoms with Crippen LogP contribution in [-0.2, 0) is 47.7 Å². The van der Waals surface area contributed by atoms with E-state index in [1.54, 1.807) is 24.3 Å². The number of fused-ring (bicyclic) bond motifs is 8. The first-order valence-electron chi connectivity index (χ1n) is 27.2. The maximum absolute atomic E-state index is 13.3. The lowest BCUT2D eigenvalue weighted by atomic mass is 9.44. The molecule has 12 aliphatic rings. The quantitative estimate of drug-likeness (QED) is 0.131. The molecule has 4 aliphatic heterocycles. The molecule has 3 N–H and O–H groups in total. The molecule has 0 amide bonds. The van der Waals surface area contributed by atoms with Crippen LogP contribution in [0.4, 0.5) is 0 Å². The molecule has 2 saturated heterocycles. The first kappa shape index (κ1) is 49.7. The number of esters is 3. The molecule has 12 rings (SSSR count). The monoisotopic (exact) mass is 983 g/mol. The van der Waals surface area contributed by atoms with Crippen LogP contribution in [0.15, 0.2) is 46.6 Å². The second-order valence-corrected chi connectivity index (χ2v) is 25.7. The van der Waals surface area contributed by atoms with Gasteiger partial charge in [0.1, 0.15) is 42.2 Å². The Kier molecular flexibility index (Phi) is 11.7. The van der Waals surface area contributed by atoms with Gasteiger partial charge < -0.3 is 39.0 Å². The number of epoxide rings is 2. The zero-order chi connectivity index (χ0) is 50.7. The van der Waals surface area contributed by atoms with E-state index in [4.69, 9.17) is 23.7 Å². The Balaban J connectivity index is 0.000000155. The highest BCUT2D eigenvalue weighted by molar-refractivity contribution is 5.99. The van der Waals surface area contributed by atoms with E-state index in [0.717, 1.165) is 75.4 Å². The van der Waals surface area contributed by atoms with Gasteiger partial charge in [-0.1, -0.05) is 38.8 Å². The van der Waals surface area contributed by atoms with Crippen LogP contribution in [0.3, 0.4) is 0 Å². The van der Waals surface area contributed by atoms with Gasteiger partial charge in [0.2, 0.25) is 0 Å². The zero-order valence-corrected chi connectivity index (χ0v) is 43.4. The van der Waals surface area contributed by atoms with Crippen LogP contribution in [0, 0.1) is 80.8 Å². The van der Waals surface area contributed by atoms with E-state index >= 15 is 0 Å². The van der Waals surface area contributed by atoms with Gasteiger partial charge in [0.25, 0.3) is 0 Å². The molecule has 0 bridgehead atoms. The Labute approximate surface area is 418 Å². The smallest absolute Gasteiger partial charge is 0.337 e. The lowest BCUT2D eigenvalue weighted by Gasteiger charge is -2.58. The first-order chi connectivity index (χ1) is 33.5. The van der Waals surface area contributed by atoms with Crippen molar-refractivity contribution in [2.75, 3.05) is 13.2 Å². The van der Waals surface area contributed by atoms with Crippen LogP contribution >= 0.6 is 0 Å². The van der Waals surface area contributed by atoms with Crippen molar-refractivity contribution < 1.29 is 63.0 Å². The number of cyclic esters (lactones) is 2. The molecule has 8 aliphatic carbocycles. The lowest BCUT2D eigenvalue weighted by molar-refractivity contribution is -0.157. The van der Waals surface area contributed by atoms with Crippen molar-refractivity contribution in [1.29, 1.82) is 0 Å².